The Morgan fingerprint density at radius 1 is 1.15 bits per heavy atom. The fourth-order valence-corrected chi connectivity index (χ4v) is 3.25. The topological polar surface area (TPSA) is 79.7 Å². The summed E-state index contributed by atoms with van der Waals surface area (Å²) >= 11 is 0. The molecule has 1 saturated heterocycles. The van der Waals surface area contributed by atoms with Gasteiger partial charge in [0.2, 0.25) is 5.95 Å². The van der Waals surface area contributed by atoms with E-state index in [1.165, 1.54) is 12.8 Å². The van der Waals surface area contributed by atoms with Crippen LogP contribution < -0.4 is 16.0 Å². The zero-order valence-corrected chi connectivity index (χ0v) is 15.5. The van der Waals surface area contributed by atoms with E-state index in [1.807, 2.05) is 43.5 Å². The third-order valence-corrected chi connectivity index (χ3v) is 4.90. The summed E-state index contributed by atoms with van der Waals surface area (Å²) in [5, 5.41) is 14.7. The quantitative estimate of drug-likeness (QED) is 0.624. The number of rotatable bonds is 6. The highest BCUT2D eigenvalue weighted by Crippen LogP contribution is 2.22. The minimum Gasteiger partial charge on any atom is -0.383 e. The first-order chi connectivity index (χ1) is 13.3. The van der Waals surface area contributed by atoms with Crippen molar-refractivity contribution in [1.29, 1.82) is 0 Å². The molecule has 0 saturated carbocycles. The molecule has 3 heterocycles. The van der Waals surface area contributed by atoms with Gasteiger partial charge in [-0.3, -0.25) is 4.98 Å². The Hall–Kier alpha value is -2.93. The summed E-state index contributed by atoms with van der Waals surface area (Å²) in [4.78, 5) is 8.87. The van der Waals surface area contributed by atoms with Crippen molar-refractivity contribution < 1.29 is 0 Å². The van der Waals surface area contributed by atoms with E-state index in [2.05, 4.69) is 37.1 Å². The second-order valence-electron chi connectivity index (χ2n) is 6.90. The molecule has 4 rings (SSSR count). The summed E-state index contributed by atoms with van der Waals surface area (Å²) in [5.74, 6) is 1.27. The number of nitrogens with one attached hydrogen (secondary N) is 3. The van der Waals surface area contributed by atoms with Crippen LogP contribution in [0.25, 0.3) is 5.69 Å². The number of nitrogens with zero attached hydrogens (tertiary/aromatic N) is 4. The van der Waals surface area contributed by atoms with Crippen molar-refractivity contribution in [2.75, 3.05) is 30.3 Å². The number of aryl methyl sites for hydroxylation is 1. The van der Waals surface area contributed by atoms with Gasteiger partial charge >= 0.3 is 0 Å². The highest BCUT2D eigenvalue weighted by atomic mass is 15.4. The van der Waals surface area contributed by atoms with Gasteiger partial charge in [-0.05, 0) is 57.0 Å². The predicted octanol–water partition coefficient (Wildman–Crippen LogP) is 3.13. The van der Waals surface area contributed by atoms with Gasteiger partial charge in [-0.1, -0.05) is 18.2 Å². The van der Waals surface area contributed by atoms with Crippen LogP contribution in [0.3, 0.4) is 0 Å². The Morgan fingerprint density at radius 2 is 1.96 bits per heavy atom. The highest BCUT2D eigenvalue weighted by molar-refractivity contribution is 5.62. The zero-order valence-electron chi connectivity index (χ0n) is 15.5. The molecule has 3 N–H and O–H groups in total. The number of aromatic nitrogens is 4. The molecular weight excluding hydrogens is 338 g/mol. The molecule has 1 aromatic carbocycles. The lowest BCUT2D eigenvalue weighted by atomic mass is 9.98. The van der Waals surface area contributed by atoms with Gasteiger partial charge in [0.25, 0.3) is 0 Å². The summed E-state index contributed by atoms with van der Waals surface area (Å²) in [6.45, 7) is 5.18. The maximum absolute atomic E-state index is 4.51. The van der Waals surface area contributed by atoms with Crippen LogP contribution in [-0.2, 0) is 0 Å². The lowest BCUT2D eigenvalue weighted by molar-refractivity contribution is 0.390. The van der Waals surface area contributed by atoms with Crippen LogP contribution in [0.4, 0.5) is 17.3 Å². The first kappa shape index (κ1) is 17.5. The SMILES string of the molecule is Cc1ncc(NCC2CCNCC2)cc1Nc1ncn(-c2ccccc2)n1. The van der Waals surface area contributed by atoms with E-state index >= 15 is 0 Å². The molecule has 0 spiro atoms. The molecule has 0 radical (unpaired) electrons. The molecule has 0 atom stereocenters. The number of piperidine rings is 1. The Morgan fingerprint density at radius 3 is 2.78 bits per heavy atom. The lowest BCUT2D eigenvalue weighted by Crippen LogP contribution is -2.31. The molecule has 1 fully saturated rings. The molecule has 3 aromatic rings. The van der Waals surface area contributed by atoms with Crippen molar-refractivity contribution in [3.05, 3.63) is 54.6 Å². The van der Waals surface area contributed by atoms with Gasteiger partial charge < -0.3 is 16.0 Å². The van der Waals surface area contributed by atoms with Gasteiger partial charge in [-0.15, -0.1) is 5.10 Å². The molecule has 0 aliphatic carbocycles. The smallest absolute Gasteiger partial charge is 0.247 e. The van der Waals surface area contributed by atoms with Crippen LogP contribution in [0.15, 0.2) is 48.9 Å². The molecule has 27 heavy (non-hydrogen) atoms. The second-order valence-corrected chi connectivity index (χ2v) is 6.90. The number of benzene rings is 1. The second kappa shape index (κ2) is 8.18. The van der Waals surface area contributed by atoms with Gasteiger partial charge in [0.05, 0.1) is 29.0 Å². The molecule has 1 aliphatic rings. The van der Waals surface area contributed by atoms with Gasteiger partial charge in [0.1, 0.15) is 6.33 Å². The van der Waals surface area contributed by atoms with Crippen LogP contribution in [-0.4, -0.2) is 39.4 Å². The molecule has 1 aliphatic heterocycles. The van der Waals surface area contributed by atoms with E-state index in [9.17, 15) is 0 Å². The number of hydrogen-bond donors (Lipinski definition) is 3. The number of anilines is 3. The van der Waals surface area contributed by atoms with Crippen LogP contribution in [0, 0.1) is 12.8 Å². The zero-order chi connectivity index (χ0) is 18.5. The molecule has 0 bridgehead atoms. The summed E-state index contributed by atoms with van der Waals surface area (Å²) in [7, 11) is 0. The van der Waals surface area contributed by atoms with Crippen molar-refractivity contribution in [1.82, 2.24) is 25.1 Å². The minimum atomic E-state index is 0.555. The standard InChI is InChI=1S/C20H25N7/c1-15-19(11-17(13-22-15)23-12-16-7-9-21-10-8-16)25-20-24-14-27(26-20)18-5-3-2-4-6-18/h2-6,11,13-14,16,21,23H,7-10,12H2,1H3,(H,25,26). The maximum atomic E-state index is 4.51. The Balaban J connectivity index is 1.43. The van der Waals surface area contributed by atoms with E-state index in [4.69, 9.17) is 0 Å². The first-order valence-electron chi connectivity index (χ1n) is 9.43. The van der Waals surface area contributed by atoms with Crippen molar-refractivity contribution in [3.63, 3.8) is 0 Å². The van der Waals surface area contributed by atoms with E-state index in [0.29, 0.717) is 11.9 Å². The summed E-state index contributed by atoms with van der Waals surface area (Å²) in [6.07, 6.45) is 6.04. The van der Waals surface area contributed by atoms with Crippen LogP contribution in [0.2, 0.25) is 0 Å². The maximum Gasteiger partial charge on any atom is 0.247 e. The van der Waals surface area contributed by atoms with E-state index in [1.54, 1.807) is 11.0 Å². The van der Waals surface area contributed by atoms with Crippen molar-refractivity contribution in [2.24, 2.45) is 5.92 Å². The lowest BCUT2D eigenvalue weighted by Gasteiger charge is -2.23. The Bertz CT molecular complexity index is 869. The van der Waals surface area contributed by atoms with Crippen molar-refractivity contribution >= 4 is 17.3 Å². The average Bonchev–Trinajstić information content (AvgIpc) is 3.19. The largest absolute Gasteiger partial charge is 0.383 e. The molecule has 0 amide bonds. The normalized spacial score (nSPS) is 14.9. The molecule has 7 nitrogen and oxygen atoms in total. The summed E-state index contributed by atoms with van der Waals surface area (Å²) < 4.78 is 1.75. The minimum absolute atomic E-state index is 0.555. The summed E-state index contributed by atoms with van der Waals surface area (Å²) in [5.41, 5.74) is 3.82. The first-order valence-corrected chi connectivity index (χ1v) is 9.43. The highest BCUT2D eigenvalue weighted by Gasteiger charge is 2.13. The van der Waals surface area contributed by atoms with E-state index < -0.39 is 0 Å². The third kappa shape index (κ3) is 4.43. The van der Waals surface area contributed by atoms with E-state index in [0.717, 1.165) is 42.4 Å². The van der Waals surface area contributed by atoms with Gasteiger partial charge in [0, 0.05) is 6.54 Å². The molecule has 140 valence electrons. The predicted molar refractivity (Wildman–Crippen MR) is 108 cm³/mol. The van der Waals surface area contributed by atoms with Gasteiger partial charge in [0.15, 0.2) is 0 Å². The monoisotopic (exact) mass is 363 g/mol. The van der Waals surface area contributed by atoms with Crippen molar-refractivity contribution in [3.8, 4) is 5.69 Å². The molecule has 2 aromatic heterocycles. The van der Waals surface area contributed by atoms with Crippen LogP contribution in [0.1, 0.15) is 18.5 Å². The Labute approximate surface area is 159 Å². The van der Waals surface area contributed by atoms with Crippen molar-refractivity contribution in [2.45, 2.75) is 19.8 Å². The average molecular weight is 363 g/mol. The number of pyridine rings is 1. The van der Waals surface area contributed by atoms with Crippen LogP contribution in [0.5, 0.6) is 0 Å². The number of hydrogen-bond acceptors (Lipinski definition) is 6. The van der Waals surface area contributed by atoms with Gasteiger partial charge in [-0.25, -0.2) is 4.68 Å². The van der Waals surface area contributed by atoms with E-state index in [-0.39, 0.29) is 0 Å². The third-order valence-electron chi connectivity index (χ3n) is 4.90. The fraction of sp³-hybridized carbons (Fsp3) is 0.350. The van der Waals surface area contributed by atoms with Crippen LogP contribution >= 0.6 is 0 Å². The summed E-state index contributed by atoms with van der Waals surface area (Å²) in [6, 6.07) is 12.0. The fourth-order valence-electron chi connectivity index (χ4n) is 3.25. The van der Waals surface area contributed by atoms with Gasteiger partial charge in [-0.2, -0.15) is 4.98 Å². The number of para-hydroxylation sites is 1. The Kier molecular flexibility index (Phi) is 5.29. The molecular formula is C20H25N7. The molecule has 0 unspecified atom stereocenters. The molecule has 7 heteroatoms.